The molecule has 0 fully saturated rings. The molecular weight excluding hydrogens is 248 g/mol. The molecule has 17 heavy (non-hydrogen) atoms. The number of hydrogen-bond acceptors (Lipinski definition) is 4. The van der Waals surface area contributed by atoms with Crippen LogP contribution < -0.4 is 5.32 Å². The second-order valence-corrected chi connectivity index (χ2v) is 5.77. The van der Waals surface area contributed by atoms with E-state index in [1.807, 2.05) is 24.9 Å². The molecule has 0 aliphatic rings. The van der Waals surface area contributed by atoms with E-state index in [1.54, 1.807) is 11.3 Å². The number of nitrogens with one attached hydrogen (secondary N) is 1. The van der Waals surface area contributed by atoms with Gasteiger partial charge in [-0.3, -0.25) is 0 Å². The molecule has 1 atom stereocenters. The molecule has 0 aliphatic carbocycles. The maximum absolute atomic E-state index is 4.63. The third kappa shape index (κ3) is 3.56. The van der Waals surface area contributed by atoms with Gasteiger partial charge in [0.1, 0.15) is 5.01 Å². The van der Waals surface area contributed by atoms with Gasteiger partial charge in [0.25, 0.3) is 0 Å². The third-order valence-electron chi connectivity index (χ3n) is 2.55. The fraction of sp³-hybridized carbons (Fsp3) is 0.308. The average Bonchev–Trinajstić information content (AvgIpc) is 2.85. The lowest BCUT2D eigenvalue weighted by Crippen LogP contribution is -2.12. The van der Waals surface area contributed by atoms with Crippen molar-refractivity contribution in [3.05, 3.63) is 46.4 Å². The highest BCUT2D eigenvalue weighted by Gasteiger charge is 2.07. The van der Waals surface area contributed by atoms with Crippen LogP contribution in [0.5, 0.6) is 0 Å². The van der Waals surface area contributed by atoms with Crippen LogP contribution in [0.15, 0.2) is 40.6 Å². The van der Waals surface area contributed by atoms with Gasteiger partial charge in [-0.15, -0.1) is 23.1 Å². The molecular formula is C13H16N2S2. The molecule has 1 N–H and O–H groups in total. The van der Waals surface area contributed by atoms with Gasteiger partial charge in [0, 0.05) is 16.3 Å². The monoisotopic (exact) mass is 264 g/mol. The number of aromatic nitrogens is 1. The summed E-state index contributed by atoms with van der Waals surface area (Å²) in [6.07, 6.45) is 0. The summed E-state index contributed by atoms with van der Waals surface area (Å²) in [5.41, 5.74) is 1.14. The first-order chi connectivity index (χ1) is 8.29. The van der Waals surface area contributed by atoms with Gasteiger partial charge in [-0.25, -0.2) is 4.98 Å². The van der Waals surface area contributed by atoms with Crippen molar-refractivity contribution in [2.24, 2.45) is 0 Å². The largest absolute Gasteiger partial charge is 0.312 e. The molecule has 0 radical (unpaired) electrons. The van der Waals surface area contributed by atoms with Crippen LogP contribution in [0.4, 0.5) is 0 Å². The minimum absolute atomic E-state index is 0.335. The number of thiazole rings is 1. The van der Waals surface area contributed by atoms with Crippen molar-refractivity contribution in [3.8, 4) is 0 Å². The van der Waals surface area contributed by atoms with Crippen LogP contribution in [0.2, 0.25) is 0 Å². The van der Waals surface area contributed by atoms with Gasteiger partial charge in [-0.05, 0) is 26.1 Å². The highest BCUT2D eigenvalue weighted by molar-refractivity contribution is 7.98. The fourth-order valence-corrected chi connectivity index (χ4v) is 3.22. The summed E-state index contributed by atoms with van der Waals surface area (Å²) in [7, 11) is 1.96. The molecule has 0 spiro atoms. The maximum atomic E-state index is 4.63. The van der Waals surface area contributed by atoms with Gasteiger partial charge in [-0.2, -0.15) is 0 Å². The molecule has 90 valence electrons. The van der Waals surface area contributed by atoms with Crippen LogP contribution in [-0.4, -0.2) is 12.0 Å². The molecule has 2 nitrogen and oxygen atoms in total. The van der Waals surface area contributed by atoms with E-state index in [-0.39, 0.29) is 0 Å². The molecule has 1 aromatic carbocycles. The summed E-state index contributed by atoms with van der Waals surface area (Å²) in [6, 6.07) is 10.8. The minimum Gasteiger partial charge on any atom is -0.312 e. The summed E-state index contributed by atoms with van der Waals surface area (Å²) < 4.78 is 0. The van der Waals surface area contributed by atoms with E-state index in [0.29, 0.717) is 6.04 Å². The molecule has 0 amide bonds. The van der Waals surface area contributed by atoms with Crippen molar-refractivity contribution in [2.75, 3.05) is 7.05 Å². The molecule has 0 aliphatic heterocycles. The van der Waals surface area contributed by atoms with E-state index >= 15 is 0 Å². The summed E-state index contributed by atoms with van der Waals surface area (Å²) >= 11 is 3.57. The second-order valence-electron chi connectivity index (χ2n) is 3.78. The normalized spacial score (nSPS) is 12.6. The SMILES string of the molecule is CNC(C)c1csc(CSc2ccccc2)n1. The Kier molecular flexibility index (Phi) is 4.59. The molecule has 2 aromatic rings. The van der Waals surface area contributed by atoms with Crippen molar-refractivity contribution in [3.63, 3.8) is 0 Å². The van der Waals surface area contributed by atoms with Crippen LogP contribution in [0.1, 0.15) is 23.7 Å². The number of hydrogen-bond donors (Lipinski definition) is 1. The quantitative estimate of drug-likeness (QED) is 0.833. The van der Waals surface area contributed by atoms with Crippen molar-refractivity contribution in [1.82, 2.24) is 10.3 Å². The lowest BCUT2D eigenvalue weighted by Gasteiger charge is -2.04. The van der Waals surface area contributed by atoms with Crippen molar-refractivity contribution in [1.29, 1.82) is 0 Å². The summed E-state index contributed by atoms with van der Waals surface area (Å²) in [4.78, 5) is 5.93. The number of nitrogens with zero attached hydrogens (tertiary/aromatic N) is 1. The van der Waals surface area contributed by atoms with E-state index in [9.17, 15) is 0 Å². The molecule has 1 aromatic heterocycles. The summed E-state index contributed by atoms with van der Waals surface area (Å²) in [5.74, 6) is 0.950. The van der Waals surface area contributed by atoms with Gasteiger partial charge in [0.05, 0.1) is 11.4 Å². The van der Waals surface area contributed by atoms with Gasteiger partial charge >= 0.3 is 0 Å². The van der Waals surface area contributed by atoms with Crippen LogP contribution in [0, 0.1) is 0 Å². The van der Waals surface area contributed by atoms with E-state index < -0.39 is 0 Å². The minimum atomic E-state index is 0.335. The van der Waals surface area contributed by atoms with Gasteiger partial charge in [0.2, 0.25) is 0 Å². The topological polar surface area (TPSA) is 24.9 Å². The zero-order valence-electron chi connectivity index (χ0n) is 10.0. The van der Waals surface area contributed by atoms with Crippen LogP contribution in [-0.2, 0) is 5.75 Å². The highest BCUT2D eigenvalue weighted by Crippen LogP contribution is 2.25. The predicted octanol–water partition coefficient (Wildman–Crippen LogP) is 3.72. The smallest absolute Gasteiger partial charge is 0.103 e. The highest BCUT2D eigenvalue weighted by atomic mass is 32.2. The molecule has 4 heteroatoms. The molecule has 1 unspecified atom stereocenters. The van der Waals surface area contributed by atoms with E-state index in [0.717, 1.165) is 11.4 Å². The van der Waals surface area contributed by atoms with E-state index in [1.165, 1.54) is 9.90 Å². The molecule has 0 saturated carbocycles. The zero-order chi connectivity index (χ0) is 12.1. The molecule has 0 bridgehead atoms. The Morgan fingerprint density at radius 3 is 2.82 bits per heavy atom. The summed E-state index contributed by atoms with van der Waals surface area (Å²) in [6.45, 7) is 2.13. The standard InChI is InChI=1S/C13H16N2S2/c1-10(14-2)12-8-17-13(15-12)9-16-11-6-4-3-5-7-11/h3-8,10,14H,9H2,1-2H3. The van der Waals surface area contributed by atoms with Crippen LogP contribution in [0.3, 0.4) is 0 Å². The molecule has 2 rings (SSSR count). The van der Waals surface area contributed by atoms with Crippen LogP contribution in [0.25, 0.3) is 0 Å². The fourth-order valence-electron chi connectivity index (χ4n) is 1.40. The Balaban J connectivity index is 1.94. The van der Waals surface area contributed by atoms with Crippen LogP contribution >= 0.6 is 23.1 Å². The van der Waals surface area contributed by atoms with Crippen molar-refractivity contribution in [2.45, 2.75) is 23.6 Å². The van der Waals surface area contributed by atoms with E-state index in [2.05, 4.69) is 46.9 Å². The first-order valence-corrected chi connectivity index (χ1v) is 7.45. The number of benzene rings is 1. The zero-order valence-corrected chi connectivity index (χ0v) is 11.6. The van der Waals surface area contributed by atoms with E-state index in [4.69, 9.17) is 0 Å². The number of thioether (sulfide) groups is 1. The molecule has 1 heterocycles. The first-order valence-electron chi connectivity index (χ1n) is 5.59. The Labute approximate surface area is 110 Å². The van der Waals surface area contributed by atoms with Crippen molar-refractivity contribution < 1.29 is 0 Å². The summed E-state index contributed by atoms with van der Waals surface area (Å²) in [5, 5.41) is 6.54. The Hall–Kier alpha value is -0.840. The van der Waals surface area contributed by atoms with Crippen molar-refractivity contribution >= 4 is 23.1 Å². The van der Waals surface area contributed by atoms with Gasteiger partial charge in [0.15, 0.2) is 0 Å². The first kappa shape index (κ1) is 12.6. The maximum Gasteiger partial charge on any atom is 0.103 e. The lowest BCUT2D eigenvalue weighted by atomic mass is 10.3. The van der Waals surface area contributed by atoms with Gasteiger partial charge in [-0.1, -0.05) is 18.2 Å². The molecule has 0 saturated heterocycles. The number of rotatable bonds is 5. The Morgan fingerprint density at radius 2 is 2.12 bits per heavy atom. The van der Waals surface area contributed by atoms with Gasteiger partial charge < -0.3 is 5.32 Å². The third-order valence-corrected chi connectivity index (χ3v) is 4.62. The second kappa shape index (κ2) is 6.19. The predicted molar refractivity (Wildman–Crippen MR) is 75.6 cm³/mol. The Bertz CT molecular complexity index is 453. The average molecular weight is 264 g/mol. The Morgan fingerprint density at radius 1 is 1.35 bits per heavy atom. The lowest BCUT2D eigenvalue weighted by molar-refractivity contribution is 0.635.